The van der Waals surface area contributed by atoms with Gasteiger partial charge in [-0.15, -0.1) is 0 Å². The number of amides is 1. The smallest absolute Gasteiger partial charge is 0.346 e. The predicted octanol–water partition coefficient (Wildman–Crippen LogP) is 2.73. The Kier molecular flexibility index (Phi) is 7.16. The minimum Gasteiger partial charge on any atom is -0.369 e. The molecule has 1 aromatic heterocycles. The first-order valence-corrected chi connectivity index (χ1v) is 11.1. The molecule has 0 bridgehead atoms. The highest BCUT2D eigenvalue weighted by atomic mass is 16.5. The lowest BCUT2D eigenvalue weighted by molar-refractivity contribution is 0.0344. The van der Waals surface area contributed by atoms with Crippen molar-refractivity contribution in [3.63, 3.8) is 0 Å². The number of carbonyl (C=O) groups excluding carboxylic acids is 1. The van der Waals surface area contributed by atoms with E-state index in [9.17, 15) is 9.59 Å². The van der Waals surface area contributed by atoms with Gasteiger partial charge in [-0.25, -0.2) is 9.78 Å². The fourth-order valence-electron chi connectivity index (χ4n) is 4.00. The molecule has 0 aliphatic carbocycles. The number of hydrogen-bond donors (Lipinski definition) is 2. The Bertz CT molecular complexity index is 1150. The number of H-pyrrole nitrogens is 1. The number of aromatic nitrogens is 2. The van der Waals surface area contributed by atoms with Crippen molar-refractivity contribution in [2.75, 3.05) is 43.5 Å². The van der Waals surface area contributed by atoms with Crippen LogP contribution >= 0.6 is 0 Å². The number of nitrogens with zero attached hydrogens (tertiary/aromatic N) is 3. The van der Waals surface area contributed by atoms with E-state index in [-0.39, 0.29) is 12.0 Å². The van der Waals surface area contributed by atoms with Crippen LogP contribution in [-0.2, 0) is 11.3 Å². The fourth-order valence-corrected chi connectivity index (χ4v) is 4.00. The number of nitrogens with one attached hydrogen (secondary N) is 2. The number of fused-ring (bicyclic) bond motifs is 1. The average molecular weight is 448 g/mol. The van der Waals surface area contributed by atoms with Crippen LogP contribution in [0.25, 0.3) is 0 Å². The van der Waals surface area contributed by atoms with E-state index in [1.165, 1.54) is 6.20 Å². The lowest BCUT2D eigenvalue weighted by Crippen LogP contribution is -2.33. The highest BCUT2D eigenvalue weighted by Crippen LogP contribution is 2.27. The van der Waals surface area contributed by atoms with Crippen LogP contribution in [0, 0.1) is 0 Å². The summed E-state index contributed by atoms with van der Waals surface area (Å²) >= 11 is 0. The second kappa shape index (κ2) is 10.4. The van der Waals surface area contributed by atoms with Crippen LogP contribution in [0.2, 0.25) is 0 Å². The van der Waals surface area contributed by atoms with Gasteiger partial charge >= 0.3 is 5.69 Å². The van der Waals surface area contributed by atoms with Crippen LogP contribution < -0.4 is 20.8 Å². The third-order valence-electron chi connectivity index (χ3n) is 5.81. The summed E-state index contributed by atoms with van der Waals surface area (Å²) in [6.45, 7) is 2.36. The molecule has 2 aromatic carbocycles. The molecule has 33 heavy (non-hydrogen) atoms. The van der Waals surface area contributed by atoms with Gasteiger partial charge in [0.2, 0.25) is 0 Å². The Balaban J connectivity index is 1.53. The molecule has 1 atom stereocenters. The van der Waals surface area contributed by atoms with Gasteiger partial charge in [-0.1, -0.05) is 42.5 Å². The van der Waals surface area contributed by atoms with Gasteiger partial charge in [0.1, 0.15) is 5.82 Å². The van der Waals surface area contributed by atoms with Crippen molar-refractivity contribution in [1.29, 1.82) is 0 Å². The molecule has 172 valence electrons. The van der Waals surface area contributed by atoms with Gasteiger partial charge in [0.05, 0.1) is 18.3 Å². The molecule has 0 fully saturated rings. The largest absolute Gasteiger partial charge is 0.369 e. The summed E-state index contributed by atoms with van der Waals surface area (Å²) in [5.41, 5.74) is 2.84. The van der Waals surface area contributed by atoms with E-state index >= 15 is 0 Å². The van der Waals surface area contributed by atoms with Crippen molar-refractivity contribution in [2.24, 2.45) is 0 Å². The van der Waals surface area contributed by atoms with Crippen molar-refractivity contribution < 1.29 is 9.53 Å². The zero-order valence-corrected chi connectivity index (χ0v) is 19.0. The second-order valence-electron chi connectivity index (χ2n) is 8.10. The topological polar surface area (TPSA) is 90.6 Å². The average Bonchev–Trinajstić information content (AvgIpc) is 2.96. The van der Waals surface area contributed by atoms with E-state index in [0.717, 1.165) is 29.8 Å². The normalized spacial score (nSPS) is 14.7. The van der Waals surface area contributed by atoms with Crippen LogP contribution in [0.1, 0.15) is 34.0 Å². The number of rotatable bonds is 8. The van der Waals surface area contributed by atoms with Gasteiger partial charge in [0.15, 0.2) is 0 Å². The maximum atomic E-state index is 13.3. The third kappa shape index (κ3) is 5.30. The van der Waals surface area contributed by atoms with E-state index in [1.54, 1.807) is 4.90 Å². The van der Waals surface area contributed by atoms with E-state index in [2.05, 4.69) is 27.4 Å². The van der Waals surface area contributed by atoms with Gasteiger partial charge in [-0.3, -0.25) is 9.78 Å². The number of carbonyl (C=O) groups is 1. The Morgan fingerprint density at radius 1 is 1.12 bits per heavy atom. The van der Waals surface area contributed by atoms with E-state index < -0.39 is 5.69 Å². The number of likely N-dealkylation sites (N-methyl/N-ethyl adjacent to an activating group) is 1. The Hall–Kier alpha value is -3.49. The van der Waals surface area contributed by atoms with Crippen LogP contribution in [0.5, 0.6) is 0 Å². The van der Waals surface area contributed by atoms with E-state index in [0.29, 0.717) is 31.1 Å². The molecule has 2 heterocycles. The molecular weight excluding hydrogens is 418 g/mol. The third-order valence-corrected chi connectivity index (χ3v) is 5.81. The van der Waals surface area contributed by atoms with Crippen molar-refractivity contribution >= 4 is 17.4 Å². The maximum absolute atomic E-state index is 13.3. The summed E-state index contributed by atoms with van der Waals surface area (Å²) in [6, 6.07) is 18.1. The molecule has 1 unspecified atom stereocenters. The van der Waals surface area contributed by atoms with Crippen molar-refractivity contribution in [3.8, 4) is 0 Å². The molecule has 2 N–H and O–H groups in total. The zero-order valence-electron chi connectivity index (χ0n) is 19.0. The molecule has 1 aliphatic heterocycles. The first-order chi connectivity index (χ1) is 16.1. The lowest BCUT2D eigenvalue weighted by atomic mass is 10.1. The molecular formula is C25H29N5O3. The van der Waals surface area contributed by atoms with E-state index in [1.807, 2.05) is 61.5 Å². The molecule has 0 spiro atoms. The molecule has 0 saturated carbocycles. The van der Waals surface area contributed by atoms with Gasteiger partial charge in [0, 0.05) is 32.0 Å². The molecule has 1 amide bonds. The van der Waals surface area contributed by atoms with Crippen LogP contribution in [-0.4, -0.2) is 49.6 Å². The van der Waals surface area contributed by atoms with Crippen LogP contribution in [0.15, 0.2) is 65.6 Å². The molecule has 8 heteroatoms. The van der Waals surface area contributed by atoms with E-state index in [4.69, 9.17) is 4.74 Å². The summed E-state index contributed by atoms with van der Waals surface area (Å²) in [5, 5.41) is 3.19. The fraction of sp³-hybridized carbons (Fsp3) is 0.320. The standard InChI is InChI=1S/C25H29N5O3/c1-26-12-11-22(19-8-4-3-5-9-19)33-17-18-7-6-10-20(15-18)30-14-13-29(2)23-21(24(30)31)16-27-25(32)28-23/h3-10,15-16,22,26H,11-14,17H2,1-2H3,(H,27,28,32). The second-order valence-corrected chi connectivity index (χ2v) is 8.10. The lowest BCUT2D eigenvalue weighted by Gasteiger charge is -2.22. The predicted molar refractivity (Wildman–Crippen MR) is 129 cm³/mol. The summed E-state index contributed by atoms with van der Waals surface area (Å²) in [6.07, 6.45) is 2.19. The first-order valence-electron chi connectivity index (χ1n) is 11.1. The molecule has 3 aromatic rings. The molecule has 0 saturated heterocycles. The number of anilines is 2. The number of aromatic amines is 1. The maximum Gasteiger partial charge on any atom is 0.346 e. The Morgan fingerprint density at radius 2 is 1.94 bits per heavy atom. The highest BCUT2D eigenvalue weighted by Gasteiger charge is 2.27. The quantitative estimate of drug-likeness (QED) is 0.552. The van der Waals surface area contributed by atoms with Gasteiger partial charge < -0.3 is 19.9 Å². The molecule has 8 nitrogen and oxygen atoms in total. The summed E-state index contributed by atoms with van der Waals surface area (Å²) in [7, 11) is 3.79. The van der Waals surface area contributed by atoms with Crippen LogP contribution in [0.4, 0.5) is 11.5 Å². The zero-order chi connectivity index (χ0) is 23.2. The van der Waals surface area contributed by atoms with Crippen molar-refractivity contribution in [1.82, 2.24) is 15.3 Å². The van der Waals surface area contributed by atoms with Gasteiger partial charge in [-0.05, 0) is 43.3 Å². The summed E-state index contributed by atoms with van der Waals surface area (Å²) in [4.78, 5) is 35.0. The monoisotopic (exact) mass is 447 g/mol. The molecule has 0 radical (unpaired) electrons. The minimum atomic E-state index is -0.466. The van der Waals surface area contributed by atoms with Gasteiger partial charge in [-0.2, -0.15) is 0 Å². The molecule has 4 rings (SSSR count). The number of ether oxygens (including phenoxy) is 1. The summed E-state index contributed by atoms with van der Waals surface area (Å²) < 4.78 is 6.30. The Morgan fingerprint density at radius 3 is 2.73 bits per heavy atom. The SMILES string of the molecule is CNCCC(OCc1cccc(N2CCN(C)c3[nH]c(=O)ncc3C2=O)c1)c1ccccc1. The van der Waals surface area contributed by atoms with Crippen molar-refractivity contribution in [2.45, 2.75) is 19.1 Å². The highest BCUT2D eigenvalue weighted by molar-refractivity contribution is 6.09. The van der Waals surface area contributed by atoms with Crippen LogP contribution in [0.3, 0.4) is 0 Å². The van der Waals surface area contributed by atoms with Crippen molar-refractivity contribution in [3.05, 3.63) is 88.0 Å². The minimum absolute atomic E-state index is 0.0226. The number of hydrogen-bond acceptors (Lipinski definition) is 6. The van der Waals surface area contributed by atoms with Gasteiger partial charge in [0.25, 0.3) is 5.91 Å². The number of benzene rings is 2. The first kappa shape index (κ1) is 22.7. The molecule has 1 aliphatic rings. The Labute approximate surface area is 193 Å². The summed E-state index contributed by atoms with van der Waals surface area (Å²) in [5.74, 6) is 0.310.